The number of H-pyrrole nitrogens is 1. The van der Waals surface area contributed by atoms with Crippen molar-refractivity contribution >= 4 is 12.0 Å². The second kappa shape index (κ2) is 5.28. The molecule has 0 bridgehead atoms. The molecule has 0 fully saturated rings. The SMILES string of the molecule is CN1CC(c2nnn[nH]2)Cn2nc3c(c2C1=O)CN(C(=O)O)CC3. The van der Waals surface area contributed by atoms with Crippen molar-refractivity contribution in [1.29, 1.82) is 0 Å². The highest BCUT2D eigenvalue weighted by atomic mass is 16.4. The first kappa shape index (κ1) is 14.6. The number of likely N-dealkylation sites (N-methyl/N-ethyl adjacent to an activating group) is 1. The van der Waals surface area contributed by atoms with Crippen LogP contribution < -0.4 is 0 Å². The Labute approximate surface area is 136 Å². The Balaban J connectivity index is 1.75. The van der Waals surface area contributed by atoms with Crippen molar-refractivity contribution in [2.45, 2.75) is 25.4 Å². The van der Waals surface area contributed by atoms with E-state index in [9.17, 15) is 14.7 Å². The maximum Gasteiger partial charge on any atom is 0.407 e. The van der Waals surface area contributed by atoms with E-state index < -0.39 is 6.09 Å². The number of carboxylic acid groups (broad SMARTS) is 1. The summed E-state index contributed by atoms with van der Waals surface area (Å²) in [6.45, 7) is 1.49. The smallest absolute Gasteiger partial charge is 0.407 e. The summed E-state index contributed by atoms with van der Waals surface area (Å²) in [5, 5.41) is 27.7. The second-order valence-corrected chi connectivity index (χ2v) is 6.08. The Morgan fingerprint density at radius 2 is 2.21 bits per heavy atom. The lowest BCUT2D eigenvalue weighted by molar-refractivity contribution is 0.0786. The molecule has 24 heavy (non-hydrogen) atoms. The van der Waals surface area contributed by atoms with E-state index in [2.05, 4.69) is 25.7 Å². The van der Waals surface area contributed by atoms with Crippen molar-refractivity contribution in [2.24, 2.45) is 0 Å². The van der Waals surface area contributed by atoms with Crippen LogP contribution >= 0.6 is 0 Å². The van der Waals surface area contributed by atoms with E-state index >= 15 is 0 Å². The molecule has 0 saturated carbocycles. The van der Waals surface area contributed by atoms with Crippen LogP contribution in [0.1, 0.15) is 33.5 Å². The topological polar surface area (TPSA) is 133 Å². The monoisotopic (exact) mass is 332 g/mol. The molecule has 1 unspecified atom stereocenters. The average molecular weight is 332 g/mol. The number of fused-ring (bicyclic) bond motifs is 3. The molecule has 0 saturated heterocycles. The number of nitrogens with one attached hydrogen (secondary N) is 1. The molecule has 0 aliphatic carbocycles. The Morgan fingerprint density at radius 3 is 2.92 bits per heavy atom. The fourth-order valence-corrected chi connectivity index (χ4v) is 3.33. The van der Waals surface area contributed by atoms with Gasteiger partial charge in [-0.25, -0.2) is 9.89 Å². The summed E-state index contributed by atoms with van der Waals surface area (Å²) in [5.74, 6) is 0.334. The van der Waals surface area contributed by atoms with E-state index in [1.54, 1.807) is 16.6 Å². The maximum atomic E-state index is 12.8. The molecule has 11 nitrogen and oxygen atoms in total. The number of carbonyl (C=O) groups excluding carboxylic acids is 1. The van der Waals surface area contributed by atoms with Gasteiger partial charge >= 0.3 is 6.09 Å². The number of nitrogens with zero attached hydrogens (tertiary/aromatic N) is 7. The maximum absolute atomic E-state index is 12.8. The van der Waals surface area contributed by atoms with Crippen LogP contribution in [0.4, 0.5) is 4.79 Å². The predicted molar refractivity (Wildman–Crippen MR) is 78.2 cm³/mol. The normalized spacial score (nSPS) is 20.5. The van der Waals surface area contributed by atoms with Crippen molar-refractivity contribution in [2.75, 3.05) is 20.1 Å². The molecule has 4 rings (SSSR count). The molecule has 11 heteroatoms. The lowest BCUT2D eigenvalue weighted by Crippen LogP contribution is -2.36. The number of carbonyl (C=O) groups is 2. The molecule has 1 atom stereocenters. The fraction of sp³-hybridized carbons (Fsp3) is 0.538. The molecule has 2 amide bonds. The van der Waals surface area contributed by atoms with Gasteiger partial charge in [-0.2, -0.15) is 5.10 Å². The van der Waals surface area contributed by atoms with Gasteiger partial charge in [-0.1, -0.05) is 0 Å². The van der Waals surface area contributed by atoms with E-state index in [4.69, 9.17) is 0 Å². The molecule has 0 aromatic carbocycles. The largest absolute Gasteiger partial charge is 0.465 e. The summed E-state index contributed by atoms with van der Waals surface area (Å²) in [6, 6.07) is 0. The van der Waals surface area contributed by atoms with Crippen LogP contribution in [0, 0.1) is 0 Å². The summed E-state index contributed by atoms with van der Waals surface area (Å²) in [5.41, 5.74) is 1.96. The third kappa shape index (κ3) is 2.20. The van der Waals surface area contributed by atoms with Crippen LogP contribution in [0.2, 0.25) is 0 Å². The van der Waals surface area contributed by atoms with Gasteiger partial charge in [-0.3, -0.25) is 9.48 Å². The summed E-state index contributed by atoms with van der Waals surface area (Å²) < 4.78 is 1.68. The van der Waals surface area contributed by atoms with Gasteiger partial charge in [0.1, 0.15) is 5.69 Å². The molecule has 2 aromatic rings. The Hall–Kier alpha value is -2.98. The molecule has 2 aliphatic rings. The van der Waals surface area contributed by atoms with Crippen molar-refractivity contribution in [3.05, 3.63) is 22.8 Å². The standard InChI is InChI=1S/C13H16N8O3/c1-19-4-7(11-14-17-18-15-11)5-21-10(12(19)22)8-6-20(13(23)24)3-2-9(8)16-21/h7H,2-6H2,1H3,(H,23,24)(H,14,15,17,18). The molecule has 4 heterocycles. The first-order valence-electron chi connectivity index (χ1n) is 7.60. The zero-order valence-electron chi connectivity index (χ0n) is 13.0. The number of hydrogen-bond donors (Lipinski definition) is 2. The third-order valence-electron chi connectivity index (χ3n) is 4.56. The van der Waals surface area contributed by atoms with Crippen molar-refractivity contribution in [3.8, 4) is 0 Å². The molecule has 2 N–H and O–H groups in total. The van der Waals surface area contributed by atoms with Crippen molar-refractivity contribution in [1.82, 2.24) is 40.2 Å². The minimum atomic E-state index is -0.986. The van der Waals surface area contributed by atoms with Crippen LogP contribution in [0.25, 0.3) is 0 Å². The number of tetrazole rings is 1. The number of hydrogen-bond acceptors (Lipinski definition) is 6. The highest BCUT2D eigenvalue weighted by Crippen LogP contribution is 2.28. The number of aromatic nitrogens is 6. The minimum Gasteiger partial charge on any atom is -0.465 e. The Morgan fingerprint density at radius 1 is 1.38 bits per heavy atom. The fourth-order valence-electron chi connectivity index (χ4n) is 3.33. The van der Waals surface area contributed by atoms with E-state index in [0.717, 1.165) is 5.69 Å². The van der Waals surface area contributed by atoms with Gasteiger partial charge in [-0.15, -0.1) is 5.10 Å². The zero-order chi connectivity index (χ0) is 16.8. The van der Waals surface area contributed by atoms with Crippen molar-refractivity contribution < 1.29 is 14.7 Å². The highest BCUT2D eigenvalue weighted by molar-refractivity contribution is 5.94. The van der Waals surface area contributed by atoms with E-state index in [0.29, 0.717) is 43.1 Å². The van der Waals surface area contributed by atoms with Crippen molar-refractivity contribution in [3.63, 3.8) is 0 Å². The minimum absolute atomic E-state index is 0.105. The Kier molecular flexibility index (Phi) is 3.22. The van der Waals surface area contributed by atoms with E-state index in [1.807, 2.05) is 0 Å². The van der Waals surface area contributed by atoms with Crippen LogP contribution in [0.5, 0.6) is 0 Å². The second-order valence-electron chi connectivity index (χ2n) is 6.08. The molecule has 2 aromatic heterocycles. The van der Waals surface area contributed by atoms with Crippen LogP contribution in [-0.2, 0) is 19.5 Å². The third-order valence-corrected chi connectivity index (χ3v) is 4.56. The van der Waals surface area contributed by atoms with Crippen LogP contribution in [0.3, 0.4) is 0 Å². The molecular weight excluding hydrogens is 316 g/mol. The molecule has 126 valence electrons. The lowest BCUT2D eigenvalue weighted by Gasteiger charge is -2.24. The summed E-state index contributed by atoms with van der Waals surface area (Å²) in [4.78, 5) is 27.0. The van der Waals surface area contributed by atoms with E-state index in [1.165, 1.54) is 4.90 Å². The lowest BCUT2D eigenvalue weighted by atomic mass is 10.1. The van der Waals surface area contributed by atoms with Gasteiger partial charge in [0.2, 0.25) is 0 Å². The van der Waals surface area contributed by atoms with Gasteiger partial charge in [-0.05, 0) is 10.4 Å². The van der Waals surface area contributed by atoms with Gasteiger partial charge in [0.15, 0.2) is 5.82 Å². The predicted octanol–water partition coefficient (Wildman–Crippen LogP) is -0.698. The number of aromatic amines is 1. The average Bonchev–Trinajstić information content (AvgIpc) is 3.17. The summed E-state index contributed by atoms with van der Waals surface area (Å²) in [6.07, 6.45) is -0.478. The Bertz CT molecular complexity index is 798. The molecule has 0 spiro atoms. The molecule has 0 radical (unpaired) electrons. The first-order valence-corrected chi connectivity index (χ1v) is 7.60. The zero-order valence-corrected chi connectivity index (χ0v) is 13.0. The van der Waals surface area contributed by atoms with Gasteiger partial charge in [0.25, 0.3) is 5.91 Å². The van der Waals surface area contributed by atoms with Gasteiger partial charge in [0.05, 0.1) is 24.7 Å². The highest BCUT2D eigenvalue weighted by Gasteiger charge is 2.35. The molecular formula is C13H16N8O3. The van der Waals surface area contributed by atoms with Gasteiger partial charge in [0, 0.05) is 32.1 Å². The number of amides is 2. The number of rotatable bonds is 1. The summed E-state index contributed by atoms with van der Waals surface area (Å²) in [7, 11) is 1.71. The molecule has 2 aliphatic heterocycles. The van der Waals surface area contributed by atoms with Crippen LogP contribution in [-0.4, -0.2) is 77.4 Å². The summed E-state index contributed by atoms with van der Waals surface area (Å²) >= 11 is 0. The van der Waals surface area contributed by atoms with Crippen LogP contribution in [0.15, 0.2) is 0 Å². The van der Waals surface area contributed by atoms with Gasteiger partial charge < -0.3 is 14.9 Å². The first-order chi connectivity index (χ1) is 11.5. The van der Waals surface area contributed by atoms with E-state index in [-0.39, 0.29) is 18.4 Å². The quantitative estimate of drug-likeness (QED) is 0.705.